The molecule has 20 heavy (non-hydrogen) atoms. The number of carboxylic acids is 1. The second kappa shape index (κ2) is 6.36. The molecule has 0 bridgehead atoms. The van der Waals surface area contributed by atoms with Gasteiger partial charge in [-0.15, -0.1) is 0 Å². The van der Waals surface area contributed by atoms with Gasteiger partial charge in [-0.25, -0.2) is 9.18 Å². The Labute approximate surface area is 116 Å². The zero-order valence-corrected chi connectivity index (χ0v) is 11.0. The fourth-order valence-corrected chi connectivity index (χ4v) is 2.34. The maximum Gasteiger partial charge on any atom is 0.321 e. The summed E-state index contributed by atoms with van der Waals surface area (Å²) < 4.78 is 13.4. The number of anilines is 1. The van der Waals surface area contributed by atoms with Crippen LogP contribution in [0.25, 0.3) is 0 Å². The zero-order chi connectivity index (χ0) is 14.5. The topological polar surface area (TPSA) is 69.6 Å². The Morgan fingerprint density at radius 1 is 1.40 bits per heavy atom. The number of urea groups is 1. The fourth-order valence-electron chi connectivity index (χ4n) is 2.34. The van der Waals surface area contributed by atoms with E-state index in [1.54, 1.807) is 17.0 Å². The number of carboxylic acid groups (broad SMARTS) is 1. The molecule has 0 aliphatic carbocycles. The van der Waals surface area contributed by atoms with Crippen LogP contribution < -0.4 is 5.32 Å². The fraction of sp³-hybridized carbons (Fsp3) is 0.429. The van der Waals surface area contributed by atoms with Crippen molar-refractivity contribution in [2.45, 2.75) is 19.3 Å². The molecule has 0 radical (unpaired) electrons. The maximum absolute atomic E-state index is 13.4. The summed E-state index contributed by atoms with van der Waals surface area (Å²) in [5, 5.41) is 11.2. The van der Waals surface area contributed by atoms with Crippen LogP contribution in [-0.2, 0) is 4.79 Å². The number of hydrogen-bond donors (Lipinski definition) is 2. The highest BCUT2D eigenvalue weighted by Crippen LogP contribution is 2.22. The lowest BCUT2D eigenvalue weighted by atomic mass is 10.0. The maximum atomic E-state index is 13.4. The molecule has 2 N–H and O–H groups in total. The SMILES string of the molecule is O=C(O)CCC1CCN(C(=O)Nc2ccccc2F)C1. The monoisotopic (exact) mass is 280 g/mol. The van der Waals surface area contributed by atoms with Crippen LogP contribution in [0.15, 0.2) is 24.3 Å². The highest BCUT2D eigenvalue weighted by Gasteiger charge is 2.26. The number of para-hydroxylation sites is 1. The number of benzene rings is 1. The van der Waals surface area contributed by atoms with Gasteiger partial charge in [0, 0.05) is 19.5 Å². The van der Waals surface area contributed by atoms with Crippen LogP contribution in [0.4, 0.5) is 14.9 Å². The van der Waals surface area contributed by atoms with Gasteiger partial charge in [-0.05, 0) is 30.9 Å². The number of rotatable bonds is 4. The van der Waals surface area contributed by atoms with Gasteiger partial charge in [0.2, 0.25) is 0 Å². The van der Waals surface area contributed by atoms with Crippen LogP contribution >= 0.6 is 0 Å². The van der Waals surface area contributed by atoms with E-state index in [4.69, 9.17) is 5.11 Å². The Morgan fingerprint density at radius 3 is 2.85 bits per heavy atom. The van der Waals surface area contributed by atoms with Gasteiger partial charge in [0.1, 0.15) is 5.82 Å². The molecule has 0 aromatic heterocycles. The standard InChI is InChI=1S/C14H17FN2O3/c15-11-3-1-2-4-12(11)16-14(20)17-8-7-10(9-17)5-6-13(18)19/h1-4,10H,5-9H2,(H,16,20)(H,18,19). The summed E-state index contributed by atoms with van der Waals surface area (Å²) in [7, 11) is 0. The van der Waals surface area contributed by atoms with E-state index in [2.05, 4.69) is 5.32 Å². The quantitative estimate of drug-likeness (QED) is 0.890. The van der Waals surface area contributed by atoms with E-state index < -0.39 is 11.8 Å². The van der Waals surface area contributed by atoms with E-state index in [0.29, 0.717) is 19.5 Å². The minimum Gasteiger partial charge on any atom is -0.481 e. The number of halogens is 1. The third-order valence-electron chi connectivity index (χ3n) is 3.45. The summed E-state index contributed by atoms with van der Waals surface area (Å²) in [5.74, 6) is -1.08. The van der Waals surface area contributed by atoms with Crippen molar-refractivity contribution >= 4 is 17.7 Å². The average molecular weight is 280 g/mol. The van der Waals surface area contributed by atoms with Crippen LogP contribution in [0.1, 0.15) is 19.3 Å². The second-order valence-corrected chi connectivity index (χ2v) is 4.94. The van der Waals surface area contributed by atoms with Crippen molar-refractivity contribution < 1.29 is 19.1 Å². The molecule has 5 nitrogen and oxygen atoms in total. The van der Waals surface area contributed by atoms with Gasteiger partial charge in [0.15, 0.2) is 0 Å². The van der Waals surface area contributed by atoms with Gasteiger partial charge in [-0.3, -0.25) is 4.79 Å². The minimum atomic E-state index is -0.820. The van der Waals surface area contributed by atoms with Gasteiger partial charge >= 0.3 is 12.0 Å². The van der Waals surface area contributed by atoms with Crippen molar-refractivity contribution in [1.82, 2.24) is 4.90 Å². The van der Waals surface area contributed by atoms with E-state index in [1.807, 2.05) is 0 Å². The van der Waals surface area contributed by atoms with Crippen LogP contribution in [0.2, 0.25) is 0 Å². The molecule has 2 rings (SSSR count). The van der Waals surface area contributed by atoms with Crippen molar-refractivity contribution in [3.8, 4) is 0 Å². The van der Waals surface area contributed by atoms with Crippen molar-refractivity contribution in [2.75, 3.05) is 18.4 Å². The Balaban J connectivity index is 1.85. The van der Waals surface area contributed by atoms with E-state index in [1.165, 1.54) is 12.1 Å². The molecule has 2 amide bonds. The molecule has 0 saturated carbocycles. The van der Waals surface area contributed by atoms with Crippen molar-refractivity contribution in [3.63, 3.8) is 0 Å². The first kappa shape index (κ1) is 14.3. The first-order valence-corrected chi connectivity index (χ1v) is 6.58. The number of hydrogen-bond acceptors (Lipinski definition) is 2. The number of likely N-dealkylation sites (tertiary alicyclic amines) is 1. The van der Waals surface area contributed by atoms with Crippen molar-refractivity contribution in [3.05, 3.63) is 30.1 Å². The van der Waals surface area contributed by atoms with E-state index >= 15 is 0 Å². The molecular weight excluding hydrogens is 263 g/mol. The lowest BCUT2D eigenvalue weighted by Crippen LogP contribution is -2.33. The number of carbonyl (C=O) groups excluding carboxylic acids is 1. The number of amides is 2. The van der Waals surface area contributed by atoms with E-state index in [9.17, 15) is 14.0 Å². The van der Waals surface area contributed by atoms with Crippen molar-refractivity contribution in [1.29, 1.82) is 0 Å². The largest absolute Gasteiger partial charge is 0.481 e. The molecule has 1 heterocycles. The first-order valence-electron chi connectivity index (χ1n) is 6.58. The van der Waals surface area contributed by atoms with E-state index in [0.717, 1.165) is 6.42 Å². The second-order valence-electron chi connectivity index (χ2n) is 4.94. The summed E-state index contributed by atoms with van der Waals surface area (Å²) in [6, 6.07) is 5.66. The zero-order valence-electron chi connectivity index (χ0n) is 11.0. The number of aliphatic carboxylic acids is 1. The van der Waals surface area contributed by atoms with Gasteiger partial charge < -0.3 is 15.3 Å². The minimum absolute atomic E-state index is 0.118. The predicted molar refractivity (Wildman–Crippen MR) is 72.0 cm³/mol. The molecule has 108 valence electrons. The van der Waals surface area contributed by atoms with E-state index in [-0.39, 0.29) is 24.1 Å². The van der Waals surface area contributed by atoms with Crippen LogP contribution in [0, 0.1) is 11.7 Å². The Morgan fingerprint density at radius 2 is 2.15 bits per heavy atom. The summed E-state index contributed by atoms with van der Waals surface area (Å²) in [4.78, 5) is 24.1. The summed E-state index contributed by atoms with van der Waals surface area (Å²) >= 11 is 0. The molecule has 1 unspecified atom stereocenters. The predicted octanol–water partition coefficient (Wildman–Crippen LogP) is 2.54. The number of nitrogens with one attached hydrogen (secondary N) is 1. The molecule has 1 fully saturated rings. The highest BCUT2D eigenvalue weighted by molar-refractivity contribution is 5.89. The Kier molecular flexibility index (Phi) is 4.55. The normalized spacial score (nSPS) is 18.1. The summed E-state index contributed by atoms with van der Waals surface area (Å²) in [5.41, 5.74) is 0.159. The number of nitrogens with zero attached hydrogens (tertiary/aromatic N) is 1. The smallest absolute Gasteiger partial charge is 0.321 e. The van der Waals surface area contributed by atoms with Crippen molar-refractivity contribution in [2.24, 2.45) is 5.92 Å². The molecule has 1 aromatic rings. The summed E-state index contributed by atoms with van der Waals surface area (Å²) in [6.07, 6.45) is 1.48. The van der Waals surface area contributed by atoms with Crippen LogP contribution in [-0.4, -0.2) is 35.1 Å². The van der Waals surface area contributed by atoms with Gasteiger partial charge in [0.05, 0.1) is 5.69 Å². The van der Waals surface area contributed by atoms with Gasteiger partial charge in [-0.1, -0.05) is 12.1 Å². The third kappa shape index (κ3) is 3.69. The van der Waals surface area contributed by atoms with Gasteiger partial charge in [0.25, 0.3) is 0 Å². The molecule has 6 heteroatoms. The van der Waals surface area contributed by atoms with Gasteiger partial charge in [-0.2, -0.15) is 0 Å². The molecule has 1 saturated heterocycles. The molecule has 0 spiro atoms. The summed E-state index contributed by atoms with van der Waals surface area (Å²) in [6.45, 7) is 1.10. The molecule has 1 aliphatic heterocycles. The Bertz CT molecular complexity index is 507. The molecule has 1 aromatic carbocycles. The highest BCUT2D eigenvalue weighted by atomic mass is 19.1. The van der Waals surface area contributed by atoms with Crippen LogP contribution in [0.5, 0.6) is 0 Å². The van der Waals surface area contributed by atoms with Crippen LogP contribution in [0.3, 0.4) is 0 Å². The molecular formula is C14H17FN2O3. The lowest BCUT2D eigenvalue weighted by molar-refractivity contribution is -0.137. The first-order chi connectivity index (χ1) is 9.56. The third-order valence-corrected chi connectivity index (χ3v) is 3.45. The lowest BCUT2D eigenvalue weighted by Gasteiger charge is -2.17. The average Bonchev–Trinajstić information content (AvgIpc) is 2.88. The number of carbonyl (C=O) groups is 2. The molecule has 1 aliphatic rings. The Hall–Kier alpha value is -2.11. The molecule has 1 atom stereocenters.